The van der Waals surface area contributed by atoms with Crippen LogP contribution in [-0.4, -0.2) is 73.6 Å². The molecule has 11 atom stereocenters. The third kappa shape index (κ3) is 6.49. The van der Waals surface area contributed by atoms with E-state index >= 15 is 0 Å². The number of hydrogen-bond donors (Lipinski definition) is 0. The third-order valence-corrected chi connectivity index (χ3v) is 12.6. The summed E-state index contributed by atoms with van der Waals surface area (Å²) in [6, 6.07) is 1.87. The first-order chi connectivity index (χ1) is 24.3. The molecule has 2 saturated carbocycles. The summed E-state index contributed by atoms with van der Waals surface area (Å²) in [6.45, 7) is 18.9. The van der Waals surface area contributed by atoms with E-state index in [0.29, 0.717) is 12.0 Å². The van der Waals surface area contributed by atoms with Crippen molar-refractivity contribution in [3.63, 3.8) is 0 Å². The van der Waals surface area contributed by atoms with Crippen LogP contribution in [0.25, 0.3) is 0 Å². The van der Waals surface area contributed by atoms with Crippen LogP contribution in [0.1, 0.15) is 100 Å². The van der Waals surface area contributed by atoms with Gasteiger partial charge in [0, 0.05) is 66.8 Å². The quantitative estimate of drug-likeness (QED) is 0.120. The summed E-state index contributed by atoms with van der Waals surface area (Å²) in [4.78, 5) is 65.5. The molecule has 1 aliphatic heterocycles. The summed E-state index contributed by atoms with van der Waals surface area (Å²) in [5.74, 6) is -4.45. The van der Waals surface area contributed by atoms with Gasteiger partial charge in [0.2, 0.25) is 0 Å². The zero-order valence-electron chi connectivity index (χ0n) is 32.2. The second kappa shape index (κ2) is 14.5. The molecule has 1 aromatic heterocycles. The molecule has 2 heterocycles. The van der Waals surface area contributed by atoms with E-state index in [1.54, 1.807) is 46.3 Å². The van der Waals surface area contributed by atoms with Crippen molar-refractivity contribution in [2.75, 3.05) is 13.2 Å². The summed E-state index contributed by atoms with van der Waals surface area (Å²) in [5, 5.41) is 0. The second-order valence-corrected chi connectivity index (χ2v) is 16.0. The molecule has 0 bridgehead atoms. The molecular formula is C40H54O12. The lowest BCUT2D eigenvalue weighted by Gasteiger charge is -2.66. The monoisotopic (exact) mass is 726 g/mol. The van der Waals surface area contributed by atoms with E-state index in [4.69, 9.17) is 32.8 Å². The van der Waals surface area contributed by atoms with Gasteiger partial charge in [-0.05, 0) is 44.4 Å². The second-order valence-electron chi connectivity index (χ2n) is 16.0. The maximum absolute atomic E-state index is 13.8. The molecule has 12 heteroatoms. The first kappa shape index (κ1) is 39.3. The molecule has 0 N–H and O–H groups in total. The zero-order chi connectivity index (χ0) is 38.5. The van der Waals surface area contributed by atoms with Gasteiger partial charge in [-0.15, -0.1) is 0 Å². The minimum absolute atomic E-state index is 0.147. The lowest BCUT2D eigenvalue weighted by Crippen LogP contribution is -2.73. The Labute approximate surface area is 305 Å². The number of carbonyl (C=O) groups excluding carboxylic acids is 5. The fourth-order valence-corrected chi connectivity index (χ4v) is 10.1. The third-order valence-electron chi connectivity index (χ3n) is 12.6. The van der Waals surface area contributed by atoms with Crippen LogP contribution in [0.4, 0.5) is 0 Å². The topological polar surface area (TPSA) is 154 Å². The number of hydrogen-bond acceptors (Lipinski definition) is 12. The molecular weight excluding hydrogens is 672 g/mol. The molecule has 3 fully saturated rings. The van der Waals surface area contributed by atoms with Gasteiger partial charge >= 0.3 is 29.8 Å². The maximum atomic E-state index is 13.8. The van der Waals surface area contributed by atoms with Crippen molar-refractivity contribution in [3.8, 4) is 0 Å². The predicted molar refractivity (Wildman–Crippen MR) is 186 cm³/mol. The van der Waals surface area contributed by atoms with Crippen LogP contribution in [0.3, 0.4) is 0 Å². The SMILES string of the molecule is CC=C(C)C(=O)OC1CC(OC(C)=O)C2(C)COC3C(OC(=O)C(C)C)C(C)(C4=C(C)C(c5ccoc5)CC4OC(C)=O)C(COC(C)=O)C1(C)C32. The largest absolute Gasteiger partial charge is 0.472 e. The van der Waals surface area contributed by atoms with E-state index in [9.17, 15) is 24.0 Å². The van der Waals surface area contributed by atoms with Gasteiger partial charge in [-0.25, -0.2) is 4.79 Å². The molecule has 0 aromatic carbocycles. The lowest BCUT2D eigenvalue weighted by molar-refractivity contribution is -0.266. The first-order valence-corrected chi connectivity index (χ1v) is 18.2. The van der Waals surface area contributed by atoms with Crippen LogP contribution in [0.15, 0.2) is 45.8 Å². The van der Waals surface area contributed by atoms with Gasteiger partial charge in [-0.2, -0.15) is 0 Å². The molecule has 3 aliphatic carbocycles. The highest BCUT2D eigenvalue weighted by atomic mass is 16.6. The Bertz CT molecular complexity index is 1640. The van der Waals surface area contributed by atoms with Crippen molar-refractivity contribution in [1.82, 2.24) is 0 Å². The Balaban J connectivity index is 1.84. The minimum Gasteiger partial charge on any atom is -0.472 e. The Morgan fingerprint density at radius 2 is 1.60 bits per heavy atom. The van der Waals surface area contributed by atoms with Crippen LogP contribution < -0.4 is 0 Å². The molecule has 5 rings (SSSR count). The van der Waals surface area contributed by atoms with Gasteiger partial charge in [0.25, 0.3) is 0 Å². The first-order valence-electron chi connectivity index (χ1n) is 18.2. The number of esters is 5. The molecule has 0 radical (unpaired) electrons. The van der Waals surface area contributed by atoms with Crippen LogP contribution in [0.5, 0.6) is 0 Å². The molecule has 286 valence electrons. The number of furan rings is 1. The summed E-state index contributed by atoms with van der Waals surface area (Å²) < 4.78 is 43.3. The van der Waals surface area contributed by atoms with Gasteiger partial charge in [0.15, 0.2) is 0 Å². The van der Waals surface area contributed by atoms with Crippen LogP contribution >= 0.6 is 0 Å². The average Bonchev–Trinajstić information content (AvgIpc) is 3.79. The Morgan fingerprint density at radius 1 is 0.923 bits per heavy atom. The van der Waals surface area contributed by atoms with Crippen molar-refractivity contribution in [1.29, 1.82) is 0 Å². The van der Waals surface area contributed by atoms with Crippen molar-refractivity contribution < 1.29 is 56.8 Å². The van der Waals surface area contributed by atoms with E-state index in [0.717, 1.165) is 16.7 Å². The van der Waals surface area contributed by atoms with E-state index in [1.807, 2.05) is 33.8 Å². The molecule has 11 unspecified atom stereocenters. The fourth-order valence-electron chi connectivity index (χ4n) is 10.1. The van der Waals surface area contributed by atoms with Crippen LogP contribution in [0.2, 0.25) is 0 Å². The highest BCUT2D eigenvalue weighted by molar-refractivity contribution is 5.87. The van der Waals surface area contributed by atoms with E-state index in [2.05, 4.69) is 0 Å². The van der Waals surface area contributed by atoms with Gasteiger partial charge in [0.1, 0.15) is 24.4 Å². The average molecular weight is 727 g/mol. The fraction of sp³-hybridized carbons (Fsp3) is 0.675. The zero-order valence-corrected chi connectivity index (χ0v) is 32.2. The smallest absolute Gasteiger partial charge is 0.333 e. The summed E-state index contributed by atoms with van der Waals surface area (Å²) in [5.41, 5.74) is -0.187. The Morgan fingerprint density at radius 3 is 2.15 bits per heavy atom. The van der Waals surface area contributed by atoms with E-state index in [-0.39, 0.29) is 25.6 Å². The molecule has 1 saturated heterocycles. The summed E-state index contributed by atoms with van der Waals surface area (Å²) >= 11 is 0. The van der Waals surface area contributed by atoms with Gasteiger partial charge in [0.05, 0.1) is 37.8 Å². The highest BCUT2D eigenvalue weighted by Gasteiger charge is 2.77. The number of carbonyl (C=O) groups is 5. The van der Waals surface area contributed by atoms with Gasteiger partial charge in [-0.1, -0.05) is 46.3 Å². The molecule has 12 nitrogen and oxygen atoms in total. The van der Waals surface area contributed by atoms with Crippen LogP contribution in [-0.2, 0) is 52.4 Å². The number of ether oxygens (including phenoxy) is 6. The van der Waals surface area contributed by atoms with E-state index in [1.165, 1.54) is 20.8 Å². The normalized spacial score (nSPS) is 37.0. The molecule has 0 amide bonds. The van der Waals surface area contributed by atoms with Crippen molar-refractivity contribution in [3.05, 3.63) is 47.0 Å². The molecule has 52 heavy (non-hydrogen) atoms. The molecule has 0 spiro atoms. The Hall–Kier alpha value is -3.93. The standard InChI is InChI=1S/C40H54O12/c1-12-21(4)37(45)51-31-16-30(50-25(8)43)38(9)19-48-33-34(38)39(31,10)29(18-47-23(6)41)40(11,35(33)52-36(44)20(2)3)32-22(5)27(26-13-14-46-17-26)15-28(32)49-24(7)42/h12-14,17,20,27-31,33-35H,15-16,18-19H2,1-11H3. The van der Waals surface area contributed by atoms with Crippen molar-refractivity contribution in [2.45, 2.75) is 125 Å². The molecule has 1 aromatic rings. The maximum Gasteiger partial charge on any atom is 0.333 e. The van der Waals surface area contributed by atoms with Gasteiger partial charge < -0.3 is 32.8 Å². The minimum atomic E-state index is -1.22. The van der Waals surface area contributed by atoms with Crippen LogP contribution in [0, 0.1) is 34.0 Å². The number of rotatable bonds is 10. The Kier molecular flexibility index (Phi) is 10.9. The van der Waals surface area contributed by atoms with E-state index < -0.39 is 94.4 Å². The van der Waals surface area contributed by atoms with Crippen molar-refractivity contribution in [2.24, 2.45) is 34.0 Å². The van der Waals surface area contributed by atoms with Crippen molar-refractivity contribution >= 4 is 29.8 Å². The lowest BCUT2D eigenvalue weighted by atomic mass is 9.40. The highest BCUT2D eigenvalue weighted by Crippen LogP contribution is 2.71. The predicted octanol–water partition coefficient (Wildman–Crippen LogP) is 6.02. The summed E-state index contributed by atoms with van der Waals surface area (Å²) in [6.07, 6.45) is 1.35. The number of allylic oxidation sites excluding steroid dienone is 2. The molecule has 4 aliphatic rings. The summed E-state index contributed by atoms with van der Waals surface area (Å²) in [7, 11) is 0. The van der Waals surface area contributed by atoms with Gasteiger partial charge in [-0.3, -0.25) is 19.2 Å².